The highest BCUT2D eigenvalue weighted by Gasteiger charge is 2.47. The van der Waals surface area contributed by atoms with E-state index in [-0.39, 0.29) is 45.5 Å². The number of rotatable bonds is 3. The fraction of sp³-hybridized carbons (Fsp3) is 0.235. The predicted molar refractivity (Wildman–Crippen MR) is 99.5 cm³/mol. The first-order valence-corrected chi connectivity index (χ1v) is 9.11. The number of nitrogens with zero attached hydrogens (tertiary/aromatic N) is 1. The molecule has 5 nitrogen and oxygen atoms in total. The van der Waals surface area contributed by atoms with E-state index < -0.39 is 4.87 Å². The predicted octanol–water partition coefficient (Wildman–Crippen LogP) is 3.85. The second kappa shape index (κ2) is 6.61. The van der Waals surface area contributed by atoms with Crippen molar-refractivity contribution in [3.05, 3.63) is 51.5 Å². The van der Waals surface area contributed by atoms with Gasteiger partial charge < -0.3 is 15.3 Å². The molecular weight excluding hydrogens is 385 g/mol. The third kappa shape index (κ3) is 2.93. The number of amides is 1. The second-order valence-corrected chi connectivity index (χ2v) is 7.93. The Labute approximate surface area is 158 Å². The maximum atomic E-state index is 12.6. The molecule has 1 aliphatic rings. The molecule has 25 heavy (non-hydrogen) atoms. The van der Waals surface area contributed by atoms with Crippen LogP contribution >= 0.6 is 35.0 Å². The Morgan fingerprint density at radius 2 is 1.92 bits per heavy atom. The van der Waals surface area contributed by atoms with Gasteiger partial charge in [0.25, 0.3) is 0 Å². The van der Waals surface area contributed by atoms with E-state index in [9.17, 15) is 20.1 Å². The highest BCUT2D eigenvalue weighted by atomic mass is 35.5. The first-order chi connectivity index (χ1) is 11.8. The molecule has 132 valence electrons. The Kier molecular flexibility index (Phi) is 4.81. The molecule has 0 aromatic heterocycles. The average Bonchev–Trinajstić information content (AvgIpc) is 2.88. The first-order valence-electron chi connectivity index (χ1n) is 7.36. The average molecular weight is 400 g/mol. The van der Waals surface area contributed by atoms with Gasteiger partial charge in [-0.2, -0.15) is 0 Å². The zero-order valence-corrected chi connectivity index (χ0v) is 15.5. The van der Waals surface area contributed by atoms with E-state index in [0.29, 0.717) is 11.1 Å². The fourth-order valence-electron chi connectivity index (χ4n) is 2.92. The SMILES string of the molecule is CC1(c2cc(CO)cc(Cl)c2O)SCC(=O)N1c1cccc(Cl)c1O. The number of aromatic hydroxyl groups is 2. The van der Waals surface area contributed by atoms with Gasteiger partial charge >= 0.3 is 0 Å². The normalized spacial score (nSPS) is 20.3. The summed E-state index contributed by atoms with van der Waals surface area (Å²) < 4.78 is 0. The Morgan fingerprint density at radius 3 is 2.60 bits per heavy atom. The molecule has 0 aliphatic carbocycles. The molecule has 1 fully saturated rings. The van der Waals surface area contributed by atoms with Crippen LogP contribution in [0, 0.1) is 0 Å². The zero-order chi connectivity index (χ0) is 18.4. The minimum Gasteiger partial charge on any atom is -0.506 e. The summed E-state index contributed by atoms with van der Waals surface area (Å²) in [5, 5.41) is 30.4. The molecule has 0 saturated carbocycles. The Bertz CT molecular complexity index is 861. The van der Waals surface area contributed by atoms with Gasteiger partial charge in [-0.25, -0.2) is 0 Å². The van der Waals surface area contributed by atoms with Gasteiger partial charge in [-0.15, -0.1) is 11.8 Å². The van der Waals surface area contributed by atoms with Gasteiger partial charge in [-0.05, 0) is 36.8 Å². The molecule has 1 unspecified atom stereocenters. The molecule has 8 heteroatoms. The standard InChI is InChI=1S/C17H15Cl2NO4S/c1-17(10-5-9(7-21)6-12(19)15(10)23)20(14(22)8-25-17)13-4-2-3-11(18)16(13)24/h2-6,21,23-24H,7-8H2,1H3. The van der Waals surface area contributed by atoms with Gasteiger partial charge in [-0.3, -0.25) is 9.69 Å². The third-order valence-electron chi connectivity index (χ3n) is 4.16. The number of phenolic OH excluding ortho intramolecular Hbond substituents is 2. The van der Waals surface area contributed by atoms with Crippen molar-refractivity contribution in [2.75, 3.05) is 10.7 Å². The lowest BCUT2D eigenvalue weighted by atomic mass is 10.0. The van der Waals surface area contributed by atoms with Crippen LogP contribution in [-0.2, 0) is 16.3 Å². The van der Waals surface area contributed by atoms with Crippen LogP contribution in [0.15, 0.2) is 30.3 Å². The minimum atomic E-state index is -1.03. The summed E-state index contributed by atoms with van der Waals surface area (Å²) in [5.41, 5.74) is 1.13. The van der Waals surface area contributed by atoms with Crippen molar-refractivity contribution in [1.29, 1.82) is 0 Å². The number of anilines is 1. The van der Waals surface area contributed by atoms with Gasteiger partial charge in [0.1, 0.15) is 10.6 Å². The van der Waals surface area contributed by atoms with E-state index >= 15 is 0 Å². The third-order valence-corrected chi connectivity index (χ3v) is 6.11. The number of thioether (sulfide) groups is 1. The number of aliphatic hydroxyl groups is 1. The lowest BCUT2D eigenvalue weighted by molar-refractivity contribution is -0.116. The van der Waals surface area contributed by atoms with E-state index in [1.807, 2.05) is 0 Å². The molecule has 1 amide bonds. The van der Waals surface area contributed by atoms with Gasteiger partial charge in [0.15, 0.2) is 5.75 Å². The molecule has 2 aromatic rings. The summed E-state index contributed by atoms with van der Waals surface area (Å²) in [6.07, 6.45) is 0. The summed E-state index contributed by atoms with van der Waals surface area (Å²) in [4.78, 5) is 12.9. The van der Waals surface area contributed by atoms with Crippen LogP contribution in [0.5, 0.6) is 11.5 Å². The summed E-state index contributed by atoms with van der Waals surface area (Å²) in [7, 11) is 0. The fourth-order valence-corrected chi connectivity index (χ4v) is 4.50. The number of carbonyl (C=O) groups excluding carboxylic acids is 1. The van der Waals surface area contributed by atoms with Gasteiger partial charge in [-0.1, -0.05) is 29.3 Å². The van der Waals surface area contributed by atoms with Gasteiger partial charge in [0, 0.05) is 5.56 Å². The Morgan fingerprint density at radius 1 is 1.20 bits per heavy atom. The molecule has 1 atom stereocenters. The summed E-state index contributed by atoms with van der Waals surface area (Å²) in [6.45, 7) is 1.49. The van der Waals surface area contributed by atoms with Crippen molar-refractivity contribution < 1.29 is 20.1 Å². The van der Waals surface area contributed by atoms with Crippen LogP contribution in [0.2, 0.25) is 10.0 Å². The van der Waals surface area contributed by atoms with Crippen LogP contribution in [0.1, 0.15) is 18.1 Å². The van der Waals surface area contributed by atoms with Crippen LogP contribution in [0.3, 0.4) is 0 Å². The summed E-state index contributed by atoms with van der Waals surface area (Å²) in [6, 6.07) is 7.79. The van der Waals surface area contributed by atoms with Crippen LogP contribution in [0.25, 0.3) is 0 Å². The largest absolute Gasteiger partial charge is 0.506 e. The molecule has 3 rings (SSSR count). The van der Waals surface area contributed by atoms with Crippen LogP contribution in [0.4, 0.5) is 5.69 Å². The quantitative estimate of drug-likeness (QED) is 0.729. The number of hydrogen-bond acceptors (Lipinski definition) is 5. The molecular formula is C17H15Cl2NO4S. The molecule has 2 aromatic carbocycles. The number of benzene rings is 2. The van der Waals surface area contributed by atoms with Crippen LogP contribution < -0.4 is 4.90 Å². The maximum absolute atomic E-state index is 12.6. The molecule has 1 saturated heterocycles. The van der Waals surface area contributed by atoms with E-state index in [2.05, 4.69) is 0 Å². The van der Waals surface area contributed by atoms with E-state index in [0.717, 1.165) is 0 Å². The molecule has 1 aliphatic heterocycles. The van der Waals surface area contributed by atoms with Crippen molar-refractivity contribution in [3.8, 4) is 11.5 Å². The van der Waals surface area contributed by atoms with E-state index in [4.69, 9.17) is 23.2 Å². The highest BCUT2D eigenvalue weighted by Crippen LogP contribution is 2.53. The second-order valence-electron chi connectivity index (χ2n) is 5.74. The van der Waals surface area contributed by atoms with E-state index in [1.165, 1.54) is 28.8 Å². The van der Waals surface area contributed by atoms with Crippen molar-refractivity contribution in [1.82, 2.24) is 0 Å². The minimum absolute atomic E-state index is 0.0815. The van der Waals surface area contributed by atoms with Crippen molar-refractivity contribution in [2.45, 2.75) is 18.4 Å². The lowest BCUT2D eigenvalue weighted by Crippen LogP contribution is -2.40. The number of para-hydroxylation sites is 1. The lowest BCUT2D eigenvalue weighted by Gasteiger charge is -2.36. The number of aliphatic hydroxyl groups excluding tert-OH is 1. The smallest absolute Gasteiger partial charge is 0.238 e. The topological polar surface area (TPSA) is 81.0 Å². The highest BCUT2D eigenvalue weighted by molar-refractivity contribution is 8.01. The van der Waals surface area contributed by atoms with Crippen molar-refractivity contribution in [2.24, 2.45) is 0 Å². The maximum Gasteiger partial charge on any atom is 0.238 e. The molecule has 0 radical (unpaired) electrons. The molecule has 3 N–H and O–H groups in total. The van der Waals surface area contributed by atoms with Gasteiger partial charge in [0.2, 0.25) is 5.91 Å². The molecule has 0 bridgehead atoms. The van der Waals surface area contributed by atoms with Crippen molar-refractivity contribution >= 4 is 46.6 Å². The Balaban J connectivity index is 2.22. The van der Waals surface area contributed by atoms with E-state index in [1.54, 1.807) is 25.1 Å². The zero-order valence-electron chi connectivity index (χ0n) is 13.2. The number of hydrogen-bond donors (Lipinski definition) is 3. The van der Waals surface area contributed by atoms with Crippen LogP contribution in [-0.4, -0.2) is 27.0 Å². The van der Waals surface area contributed by atoms with Crippen molar-refractivity contribution in [3.63, 3.8) is 0 Å². The number of phenols is 2. The first kappa shape index (κ1) is 18.2. The number of halogens is 2. The Hall–Kier alpha value is -1.60. The van der Waals surface area contributed by atoms with Gasteiger partial charge in [0.05, 0.1) is 28.1 Å². The summed E-state index contributed by atoms with van der Waals surface area (Å²) >= 11 is 13.4. The monoisotopic (exact) mass is 399 g/mol. The molecule has 0 spiro atoms. The molecule has 1 heterocycles. The number of carbonyl (C=O) groups is 1. The summed E-state index contributed by atoms with van der Waals surface area (Å²) in [5.74, 6) is -0.469.